The van der Waals surface area contributed by atoms with Gasteiger partial charge in [-0.05, 0) is 24.1 Å². The first kappa shape index (κ1) is 11.4. The van der Waals surface area contributed by atoms with Gasteiger partial charge in [0.15, 0.2) is 0 Å². The van der Waals surface area contributed by atoms with Crippen LogP contribution in [0, 0.1) is 5.92 Å². The summed E-state index contributed by atoms with van der Waals surface area (Å²) in [4.78, 5) is 24.9. The minimum absolute atomic E-state index is 0.163. The molecule has 17 heavy (non-hydrogen) atoms. The highest BCUT2D eigenvalue weighted by Gasteiger charge is 2.12. The molecule has 1 atom stereocenters. The Kier molecular flexibility index (Phi) is 2.75. The number of carboxylic acid groups (broad SMARTS) is 1. The normalized spacial score (nSPS) is 12.8. The lowest BCUT2D eigenvalue weighted by Gasteiger charge is -2.06. The Bertz CT molecular complexity index is 624. The average Bonchev–Trinajstić information content (AvgIpc) is 2.55. The number of imidazole rings is 1. The van der Waals surface area contributed by atoms with Crippen molar-refractivity contribution in [3.8, 4) is 0 Å². The first-order valence-corrected chi connectivity index (χ1v) is 5.39. The van der Waals surface area contributed by atoms with Gasteiger partial charge in [0, 0.05) is 7.05 Å². The van der Waals surface area contributed by atoms with Gasteiger partial charge in [-0.2, -0.15) is 0 Å². The Morgan fingerprint density at radius 1 is 1.53 bits per heavy atom. The highest BCUT2D eigenvalue weighted by molar-refractivity contribution is 5.76. The van der Waals surface area contributed by atoms with Crippen LogP contribution in [0.25, 0.3) is 11.0 Å². The maximum atomic E-state index is 11.4. The summed E-state index contributed by atoms with van der Waals surface area (Å²) >= 11 is 0. The second-order valence-electron chi connectivity index (χ2n) is 4.28. The first-order chi connectivity index (χ1) is 7.99. The van der Waals surface area contributed by atoms with Gasteiger partial charge < -0.3 is 10.1 Å². The molecule has 1 unspecified atom stereocenters. The third kappa shape index (κ3) is 2.08. The van der Waals surface area contributed by atoms with Gasteiger partial charge in [-0.15, -0.1) is 0 Å². The molecule has 0 saturated carbocycles. The molecule has 2 aromatic rings. The molecule has 0 aliphatic carbocycles. The van der Waals surface area contributed by atoms with E-state index in [1.54, 1.807) is 20.0 Å². The van der Waals surface area contributed by atoms with Crippen LogP contribution in [0.4, 0.5) is 0 Å². The van der Waals surface area contributed by atoms with Crippen LogP contribution in [-0.4, -0.2) is 20.6 Å². The van der Waals surface area contributed by atoms with Crippen LogP contribution < -0.4 is 5.69 Å². The van der Waals surface area contributed by atoms with Gasteiger partial charge in [0.05, 0.1) is 17.0 Å². The van der Waals surface area contributed by atoms with Crippen LogP contribution in [0.5, 0.6) is 0 Å². The van der Waals surface area contributed by atoms with Gasteiger partial charge in [0.1, 0.15) is 0 Å². The largest absolute Gasteiger partial charge is 0.481 e. The molecule has 0 fully saturated rings. The number of H-pyrrole nitrogens is 1. The maximum Gasteiger partial charge on any atom is 0.326 e. The molecule has 2 rings (SSSR count). The number of nitrogens with one attached hydrogen (secondary N) is 1. The van der Waals surface area contributed by atoms with E-state index in [4.69, 9.17) is 5.11 Å². The number of rotatable bonds is 3. The van der Waals surface area contributed by atoms with E-state index in [9.17, 15) is 9.59 Å². The van der Waals surface area contributed by atoms with Crippen LogP contribution in [0.3, 0.4) is 0 Å². The van der Waals surface area contributed by atoms with E-state index in [1.807, 2.05) is 12.1 Å². The highest BCUT2D eigenvalue weighted by Crippen LogP contribution is 2.15. The van der Waals surface area contributed by atoms with E-state index < -0.39 is 11.9 Å². The van der Waals surface area contributed by atoms with Crippen molar-refractivity contribution < 1.29 is 9.90 Å². The summed E-state index contributed by atoms with van der Waals surface area (Å²) in [7, 11) is 1.69. The Labute approximate surface area is 97.7 Å². The van der Waals surface area contributed by atoms with E-state index in [-0.39, 0.29) is 5.69 Å². The fourth-order valence-corrected chi connectivity index (χ4v) is 1.84. The van der Waals surface area contributed by atoms with Gasteiger partial charge in [0.2, 0.25) is 0 Å². The van der Waals surface area contributed by atoms with Crippen molar-refractivity contribution >= 4 is 17.0 Å². The summed E-state index contributed by atoms with van der Waals surface area (Å²) in [6.45, 7) is 1.67. The van der Waals surface area contributed by atoms with E-state index in [1.165, 1.54) is 4.57 Å². The fraction of sp³-hybridized carbons (Fsp3) is 0.333. The number of carbonyl (C=O) groups is 1. The molecule has 1 aromatic carbocycles. The smallest absolute Gasteiger partial charge is 0.326 e. The molecule has 5 heteroatoms. The van der Waals surface area contributed by atoms with Crippen molar-refractivity contribution in [1.82, 2.24) is 9.55 Å². The minimum atomic E-state index is -0.812. The lowest BCUT2D eigenvalue weighted by molar-refractivity contribution is -0.141. The number of hydrogen-bond donors (Lipinski definition) is 2. The predicted octanol–water partition coefficient (Wildman–Crippen LogP) is 1.13. The Morgan fingerprint density at radius 3 is 2.88 bits per heavy atom. The van der Waals surface area contributed by atoms with E-state index >= 15 is 0 Å². The lowest BCUT2D eigenvalue weighted by Crippen LogP contribution is -2.13. The first-order valence-electron chi connectivity index (χ1n) is 5.39. The van der Waals surface area contributed by atoms with Gasteiger partial charge in [0.25, 0.3) is 0 Å². The van der Waals surface area contributed by atoms with Crippen LogP contribution in [0.2, 0.25) is 0 Å². The van der Waals surface area contributed by atoms with Crippen LogP contribution in [-0.2, 0) is 18.3 Å². The van der Waals surface area contributed by atoms with Crippen molar-refractivity contribution in [2.75, 3.05) is 0 Å². The van der Waals surface area contributed by atoms with E-state index in [2.05, 4.69) is 4.98 Å². The molecule has 2 N–H and O–H groups in total. The molecule has 1 aromatic heterocycles. The zero-order valence-electron chi connectivity index (χ0n) is 9.73. The van der Waals surface area contributed by atoms with Gasteiger partial charge in [-0.3, -0.25) is 9.36 Å². The molecule has 0 amide bonds. The summed E-state index contributed by atoms with van der Waals surface area (Å²) in [5.74, 6) is -1.24. The molecule has 5 nitrogen and oxygen atoms in total. The monoisotopic (exact) mass is 234 g/mol. The highest BCUT2D eigenvalue weighted by atomic mass is 16.4. The molecule has 0 spiro atoms. The Morgan fingerprint density at radius 2 is 2.24 bits per heavy atom. The molecule has 0 bridgehead atoms. The second kappa shape index (κ2) is 4.08. The Balaban J connectivity index is 2.40. The molecule has 0 aliphatic heterocycles. The molecule has 1 heterocycles. The minimum Gasteiger partial charge on any atom is -0.481 e. The number of aromatic amines is 1. The number of carboxylic acids is 1. The zero-order chi connectivity index (χ0) is 12.6. The number of hydrogen-bond acceptors (Lipinski definition) is 2. The standard InChI is InChI=1S/C12H14N2O3/c1-7(11(15)16)5-8-3-4-9-10(6-8)14(2)12(17)13-9/h3-4,6-7H,5H2,1-2H3,(H,13,17)(H,15,16). The van der Waals surface area contributed by atoms with Crippen molar-refractivity contribution in [1.29, 1.82) is 0 Å². The van der Waals surface area contributed by atoms with E-state index in [0.717, 1.165) is 16.6 Å². The summed E-state index contributed by atoms with van der Waals surface area (Å²) in [5, 5.41) is 8.85. The molecule has 90 valence electrons. The number of aryl methyl sites for hydroxylation is 1. The fourth-order valence-electron chi connectivity index (χ4n) is 1.84. The number of aromatic nitrogens is 2. The summed E-state index contributed by atoms with van der Waals surface area (Å²) in [6, 6.07) is 5.50. The molecule has 0 saturated heterocycles. The molecule has 0 aliphatic rings. The second-order valence-corrected chi connectivity index (χ2v) is 4.28. The van der Waals surface area contributed by atoms with Crippen LogP contribution in [0.1, 0.15) is 12.5 Å². The summed E-state index contributed by atoms with van der Waals surface area (Å²) in [6.07, 6.45) is 0.463. The van der Waals surface area contributed by atoms with E-state index in [0.29, 0.717) is 6.42 Å². The number of aliphatic carboxylic acids is 1. The third-order valence-electron chi connectivity index (χ3n) is 2.93. The quantitative estimate of drug-likeness (QED) is 0.835. The average molecular weight is 234 g/mol. The summed E-state index contributed by atoms with van der Waals surface area (Å²) < 4.78 is 1.52. The SMILES string of the molecule is CC(Cc1ccc2[nH]c(=O)n(C)c2c1)C(=O)O. The molecule has 0 radical (unpaired) electrons. The molecular weight excluding hydrogens is 220 g/mol. The third-order valence-corrected chi connectivity index (χ3v) is 2.93. The maximum absolute atomic E-state index is 11.4. The van der Waals surface area contributed by atoms with Crippen molar-refractivity contribution in [2.24, 2.45) is 13.0 Å². The van der Waals surface area contributed by atoms with Gasteiger partial charge >= 0.3 is 11.7 Å². The predicted molar refractivity (Wildman–Crippen MR) is 64.0 cm³/mol. The topological polar surface area (TPSA) is 75.1 Å². The van der Waals surface area contributed by atoms with Crippen LogP contribution in [0.15, 0.2) is 23.0 Å². The van der Waals surface area contributed by atoms with Gasteiger partial charge in [-0.25, -0.2) is 4.79 Å². The van der Waals surface area contributed by atoms with Crippen molar-refractivity contribution in [2.45, 2.75) is 13.3 Å². The number of fused-ring (bicyclic) bond motifs is 1. The van der Waals surface area contributed by atoms with Gasteiger partial charge in [-0.1, -0.05) is 13.0 Å². The van der Waals surface area contributed by atoms with Crippen molar-refractivity contribution in [3.05, 3.63) is 34.2 Å². The Hall–Kier alpha value is -2.04. The van der Waals surface area contributed by atoms with Crippen LogP contribution >= 0.6 is 0 Å². The number of benzene rings is 1. The summed E-state index contributed by atoms with van der Waals surface area (Å²) in [5.41, 5.74) is 2.32. The lowest BCUT2D eigenvalue weighted by atomic mass is 10.0. The van der Waals surface area contributed by atoms with Crippen molar-refractivity contribution in [3.63, 3.8) is 0 Å². The zero-order valence-corrected chi connectivity index (χ0v) is 9.73. The molecular formula is C12H14N2O3. The number of nitrogens with zero attached hydrogens (tertiary/aromatic N) is 1.